The van der Waals surface area contributed by atoms with Crippen molar-refractivity contribution in [3.63, 3.8) is 0 Å². The summed E-state index contributed by atoms with van der Waals surface area (Å²) in [6.07, 6.45) is 1.78. The average Bonchev–Trinajstić information content (AvgIpc) is 3.26. The molecule has 0 radical (unpaired) electrons. The lowest BCUT2D eigenvalue weighted by Gasteiger charge is -2.32. The number of halogens is 1. The van der Waals surface area contributed by atoms with Gasteiger partial charge < -0.3 is 24.0 Å². The fraction of sp³-hybridized carbons (Fsp3) is 0.346. The number of ether oxygens (including phenoxy) is 2. The predicted octanol–water partition coefficient (Wildman–Crippen LogP) is 4.18. The molecule has 0 spiro atoms. The zero-order valence-electron chi connectivity index (χ0n) is 19.6. The number of piperazine rings is 1. The van der Waals surface area contributed by atoms with Gasteiger partial charge in [-0.3, -0.25) is 9.69 Å². The Hall–Kier alpha value is -3.00. The lowest BCUT2D eigenvalue weighted by atomic mass is 10.1. The lowest BCUT2D eigenvalue weighted by Crippen LogP contribution is -2.45. The van der Waals surface area contributed by atoms with E-state index in [0.717, 1.165) is 67.2 Å². The van der Waals surface area contributed by atoms with E-state index in [-0.39, 0.29) is 33.6 Å². The third-order valence-electron chi connectivity index (χ3n) is 6.80. The van der Waals surface area contributed by atoms with Gasteiger partial charge in [0.2, 0.25) is 5.78 Å². The molecule has 8 heteroatoms. The predicted molar refractivity (Wildman–Crippen MR) is 133 cm³/mol. The van der Waals surface area contributed by atoms with Gasteiger partial charge in [0.25, 0.3) is 0 Å². The first-order valence-electron chi connectivity index (χ1n) is 11.4. The summed E-state index contributed by atoms with van der Waals surface area (Å²) in [7, 11) is 3.80. The van der Waals surface area contributed by atoms with Gasteiger partial charge in [-0.1, -0.05) is 11.6 Å². The molecule has 2 aromatic carbocycles. The topological polar surface area (TPSA) is 67.2 Å². The molecule has 0 saturated carbocycles. The van der Waals surface area contributed by atoms with E-state index in [1.54, 1.807) is 13.2 Å². The van der Waals surface area contributed by atoms with Crippen LogP contribution >= 0.6 is 11.6 Å². The Balaban J connectivity index is 1.52. The molecule has 7 nitrogen and oxygen atoms in total. The normalized spacial score (nSPS) is 18.0. The number of nitrogens with zero attached hydrogens (tertiary/aromatic N) is 3. The van der Waals surface area contributed by atoms with Gasteiger partial charge in [0.15, 0.2) is 5.76 Å². The Morgan fingerprint density at radius 3 is 2.65 bits per heavy atom. The molecule has 0 aliphatic carbocycles. The Kier molecular flexibility index (Phi) is 6.02. The number of carbonyl (C=O) groups excluding carboxylic acids is 1. The van der Waals surface area contributed by atoms with E-state index in [2.05, 4.69) is 34.4 Å². The number of hydrogen-bond acceptors (Lipinski definition) is 6. The molecule has 0 bridgehead atoms. The van der Waals surface area contributed by atoms with E-state index in [9.17, 15) is 9.90 Å². The molecule has 1 saturated heterocycles. The van der Waals surface area contributed by atoms with Gasteiger partial charge in [0.05, 0.1) is 17.7 Å². The second kappa shape index (κ2) is 8.98. The number of Topliss-reactive ketones (excluding diaryl/α,β-unsaturated/α-hetero) is 1. The largest absolute Gasteiger partial charge is 0.508 e. The number of likely N-dealkylation sites (N-methyl/N-ethyl adjacent to an activating group) is 1. The number of ketones is 1. The lowest BCUT2D eigenvalue weighted by molar-refractivity contribution is 0.101. The SMILES string of the molecule is COc1ccc2c(c1)c(/C=C1\Oc3cc(O)cc(Cl)c3C1=O)c(C)n2CCN1CCN(C)CC1. The summed E-state index contributed by atoms with van der Waals surface area (Å²) >= 11 is 6.22. The van der Waals surface area contributed by atoms with Gasteiger partial charge >= 0.3 is 0 Å². The number of phenolic OH excluding ortho intramolecular Hbond substituents is 1. The van der Waals surface area contributed by atoms with Crippen LogP contribution in [0, 0.1) is 6.92 Å². The molecule has 3 aromatic rings. The van der Waals surface area contributed by atoms with Crippen molar-refractivity contribution >= 4 is 34.4 Å². The number of phenols is 1. The molecule has 1 fully saturated rings. The number of aromatic nitrogens is 1. The maximum absolute atomic E-state index is 13.1. The number of benzene rings is 2. The minimum absolute atomic E-state index is 0.0424. The van der Waals surface area contributed by atoms with Crippen LogP contribution in [0.3, 0.4) is 0 Å². The average molecular weight is 482 g/mol. The van der Waals surface area contributed by atoms with Gasteiger partial charge in [0, 0.05) is 67.5 Å². The Bertz CT molecular complexity index is 1310. The zero-order chi connectivity index (χ0) is 24.0. The summed E-state index contributed by atoms with van der Waals surface area (Å²) in [5.41, 5.74) is 3.31. The molecule has 2 aliphatic rings. The van der Waals surface area contributed by atoms with Crippen LogP contribution in [-0.4, -0.2) is 72.1 Å². The summed E-state index contributed by atoms with van der Waals surface area (Å²) < 4.78 is 13.6. The standard InChI is InChI=1S/C26H28ClN3O4/c1-16-19(15-24-26(32)25-21(27)12-17(31)13-23(25)34-24)20-14-18(33-3)4-5-22(20)30(16)11-10-29-8-6-28(2)7-9-29/h4-5,12-15,31H,6-11H2,1-3H3/b24-15-. The van der Waals surface area contributed by atoms with Crippen molar-refractivity contribution in [2.24, 2.45) is 0 Å². The molecule has 1 aromatic heterocycles. The van der Waals surface area contributed by atoms with Crippen molar-refractivity contribution < 1.29 is 19.4 Å². The van der Waals surface area contributed by atoms with E-state index in [0.29, 0.717) is 0 Å². The molecule has 0 amide bonds. The third kappa shape index (κ3) is 4.04. The summed E-state index contributed by atoms with van der Waals surface area (Å²) in [5.74, 6) is 0.875. The van der Waals surface area contributed by atoms with Gasteiger partial charge in [-0.05, 0) is 44.3 Å². The van der Waals surface area contributed by atoms with Gasteiger partial charge in [-0.15, -0.1) is 0 Å². The van der Waals surface area contributed by atoms with Crippen LogP contribution in [0.25, 0.3) is 17.0 Å². The van der Waals surface area contributed by atoms with E-state index in [4.69, 9.17) is 21.1 Å². The van der Waals surface area contributed by atoms with Crippen LogP contribution in [0.2, 0.25) is 5.02 Å². The summed E-state index contributed by atoms with van der Waals surface area (Å²) in [4.78, 5) is 17.9. The van der Waals surface area contributed by atoms with E-state index < -0.39 is 0 Å². The van der Waals surface area contributed by atoms with E-state index in [1.165, 1.54) is 12.1 Å². The zero-order valence-corrected chi connectivity index (χ0v) is 20.4. The third-order valence-corrected chi connectivity index (χ3v) is 7.10. The van der Waals surface area contributed by atoms with Crippen molar-refractivity contribution in [3.8, 4) is 17.2 Å². The number of fused-ring (bicyclic) bond motifs is 2. The fourth-order valence-corrected chi connectivity index (χ4v) is 5.07. The van der Waals surface area contributed by atoms with Gasteiger partial charge in [-0.2, -0.15) is 0 Å². The van der Waals surface area contributed by atoms with Crippen molar-refractivity contribution in [1.29, 1.82) is 0 Å². The molecule has 2 aliphatic heterocycles. The van der Waals surface area contributed by atoms with Crippen LogP contribution in [0.15, 0.2) is 36.1 Å². The van der Waals surface area contributed by atoms with Crippen LogP contribution < -0.4 is 9.47 Å². The molecule has 34 heavy (non-hydrogen) atoms. The number of allylic oxidation sites excluding steroid dienone is 1. The van der Waals surface area contributed by atoms with Crippen molar-refractivity contribution in [1.82, 2.24) is 14.4 Å². The van der Waals surface area contributed by atoms with Crippen LogP contribution in [0.1, 0.15) is 21.6 Å². The summed E-state index contributed by atoms with van der Waals surface area (Å²) in [6, 6.07) is 8.78. The van der Waals surface area contributed by atoms with E-state index in [1.807, 2.05) is 12.1 Å². The monoisotopic (exact) mass is 481 g/mol. The molecule has 0 atom stereocenters. The van der Waals surface area contributed by atoms with Crippen molar-refractivity contribution in [3.05, 3.63) is 57.9 Å². The van der Waals surface area contributed by atoms with Crippen molar-refractivity contribution in [2.75, 3.05) is 46.9 Å². The second-order valence-electron chi connectivity index (χ2n) is 8.92. The minimum Gasteiger partial charge on any atom is -0.508 e. The van der Waals surface area contributed by atoms with Gasteiger partial charge in [0.1, 0.15) is 17.2 Å². The molecule has 5 rings (SSSR count). The molecular formula is C26H28ClN3O4. The Morgan fingerprint density at radius 2 is 1.91 bits per heavy atom. The number of carbonyl (C=O) groups is 1. The summed E-state index contributed by atoms with van der Waals surface area (Å²) in [5, 5.41) is 11.0. The molecule has 1 N–H and O–H groups in total. The quantitative estimate of drug-likeness (QED) is 0.551. The smallest absolute Gasteiger partial charge is 0.233 e. The number of rotatable bonds is 5. The molecular weight excluding hydrogens is 454 g/mol. The Labute approximate surface area is 203 Å². The van der Waals surface area contributed by atoms with Crippen LogP contribution in [0.5, 0.6) is 17.2 Å². The number of methoxy groups -OCH3 is 1. The van der Waals surface area contributed by atoms with Crippen LogP contribution in [-0.2, 0) is 6.54 Å². The first-order valence-corrected chi connectivity index (χ1v) is 11.8. The first kappa shape index (κ1) is 22.8. The van der Waals surface area contributed by atoms with Crippen LogP contribution in [0.4, 0.5) is 0 Å². The highest BCUT2D eigenvalue weighted by atomic mass is 35.5. The van der Waals surface area contributed by atoms with E-state index >= 15 is 0 Å². The highest BCUT2D eigenvalue weighted by molar-refractivity contribution is 6.36. The maximum Gasteiger partial charge on any atom is 0.233 e. The highest BCUT2D eigenvalue weighted by Gasteiger charge is 2.31. The number of aromatic hydroxyl groups is 1. The maximum atomic E-state index is 13.1. The first-order chi connectivity index (χ1) is 16.4. The highest BCUT2D eigenvalue weighted by Crippen LogP contribution is 2.40. The summed E-state index contributed by atoms with van der Waals surface area (Å²) in [6.45, 7) is 8.15. The molecule has 178 valence electrons. The fourth-order valence-electron chi connectivity index (χ4n) is 4.78. The second-order valence-corrected chi connectivity index (χ2v) is 9.33. The molecule has 0 unspecified atom stereocenters. The van der Waals surface area contributed by atoms with Gasteiger partial charge in [-0.25, -0.2) is 0 Å². The minimum atomic E-state index is -0.291. The Morgan fingerprint density at radius 1 is 1.15 bits per heavy atom. The number of hydrogen-bond donors (Lipinski definition) is 1. The molecule has 3 heterocycles. The van der Waals surface area contributed by atoms with Crippen molar-refractivity contribution in [2.45, 2.75) is 13.5 Å².